The first kappa shape index (κ1) is 23.1. The lowest BCUT2D eigenvalue weighted by Crippen LogP contribution is -2.27. The smallest absolute Gasteiger partial charge is 0.253 e. The lowest BCUT2D eigenvalue weighted by molar-refractivity contribution is -0.120. The van der Waals surface area contributed by atoms with E-state index in [9.17, 15) is 9.90 Å². The van der Waals surface area contributed by atoms with Crippen LogP contribution in [0.25, 0.3) is 0 Å². The summed E-state index contributed by atoms with van der Waals surface area (Å²) in [6.07, 6.45) is 3.29. The minimum Gasteiger partial charge on any atom is -0.508 e. The van der Waals surface area contributed by atoms with Crippen LogP contribution in [-0.2, 0) is 17.9 Å². The van der Waals surface area contributed by atoms with Gasteiger partial charge in [0.15, 0.2) is 11.0 Å². The third-order valence-electron chi connectivity index (χ3n) is 4.54. The Morgan fingerprint density at radius 3 is 2.62 bits per heavy atom. The average Bonchev–Trinajstić information content (AvgIpc) is 3.16. The Kier molecular flexibility index (Phi) is 8.04. The van der Waals surface area contributed by atoms with Crippen LogP contribution in [0, 0.1) is 6.92 Å². The van der Waals surface area contributed by atoms with Gasteiger partial charge in [0.05, 0.1) is 18.0 Å². The minimum absolute atomic E-state index is 0.174. The number of phenols is 1. The molecule has 0 saturated heterocycles. The number of nitrogens with one attached hydrogen (secondary N) is 2. The summed E-state index contributed by atoms with van der Waals surface area (Å²) in [6.45, 7) is 8.68. The number of hydrogen-bond acceptors (Lipinski definition) is 7. The van der Waals surface area contributed by atoms with E-state index < -0.39 is 5.25 Å². The maximum atomic E-state index is 12.4. The summed E-state index contributed by atoms with van der Waals surface area (Å²) >= 11 is 1.31. The fourth-order valence-corrected chi connectivity index (χ4v) is 3.61. The molecule has 2 aromatic carbocycles. The van der Waals surface area contributed by atoms with Gasteiger partial charge >= 0.3 is 0 Å². The van der Waals surface area contributed by atoms with Crippen molar-refractivity contribution < 1.29 is 9.90 Å². The molecular formula is C23H26N6O2S. The van der Waals surface area contributed by atoms with Gasteiger partial charge in [0.1, 0.15) is 5.75 Å². The summed E-state index contributed by atoms with van der Waals surface area (Å²) in [4.78, 5) is 12.4. The van der Waals surface area contributed by atoms with Crippen molar-refractivity contribution in [2.75, 3.05) is 5.32 Å². The number of hydrazone groups is 1. The van der Waals surface area contributed by atoms with Crippen LogP contribution in [0.15, 0.2) is 71.4 Å². The van der Waals surface area contributed by atoms with E-state index in [1.54, 1.807) is 37.3 Å². The van der Waals surface area contributed by atoms with Crippen LogP contribution in [0.2, 0.25) is 0 Å². The zero-order chi connectivity index (χ0) is 22.9. The van der Waals surface area contributed by atoms with Gasteiger partial charge in [0, 0.05) is 12.2 Å². The fourth-order valence-electron chi connectivity index (χ4n) is 2.74. The number of nitrogens with zero attached hydrogens (tertiary/aromatic N) is 4. The molecule has 0 spiro atoms. The SMILES string of the molecule is C=CCn1c(CNc2ccc(C)cc2)nnc1S[C@@H](C)C(=O)NN=Cc1ccc(O)cc1. The van der Waals surface area contributed by atoms with Gasteiger partial charge in [-0.25, -0.2) is 5.43 Å². The molecule has 8 nitrogen and oxygen atoms in total. The molecule has 166 valence electrons. The Balaban J connectivity index is 1.59. The molecule has 1 atom stereocenters. The summed E-state index contributed by atoms with van der Waals surface area (Å²) in [5, 5.41) is 25.4. The number of thioether (sulfide) groups is 1. The molecule has 0 bridgehead atoms. The van der Waals surface area contributed by atoms with Crippen molar-refractivity contribution >= 4 is 29.6 Å². The zero-order valence-corrected chi connectivity index (χ0v) is 18.8. The highest BCUT2D eigenvalue weighted by Crippen LogP contribution is 2.23. The van der Waals surface area contributed by atoms with E-state index in [4.69, 9.17) is 0 Å². The van der Waals surface area contributed by atoms with Crippen LogP contribution in [0.1, 0.15) is 23.9 Å². The minimum atomic E-state index is -0.433. The summed E-state index contributed by atoms with van der Waals surface area (Å²) in [5.41, 5.74) is 5.49. The van der Waals surface area contributed by atoms with Crippen LogP contribution in [0.4, 0.5) is 5.69 Å². The van der Waals surface area contributed by atoms with Crippen LogP contribution in [0.5, 0.6) is 5.75 Å². The second-order valence-corrected chi connectivity index (χ2v) is 8.41. The predicted molar refractivity (Wildman–Crippen MR) is 128 cm³/mol. The molecule has 0 aliphatic heterocycles. The van der Waals surface area contributed by atoms with Gasteiger partial charge in [-0.3, -0.25) is 4.79 Å². The topological polar surface area (TPSA) is 104 Å². The molecule has 0 radical (unpaired) electrons. The lowest BCUT2D eigenvalue weighted by atomic mass is 10.2. The number of benzene rings is 2. The number of aryl methyl sites for hydroxylation is 1. The van der Waals surface area contributed by atoms with Crippen molar-refractivity contribution in [3.05, 3.63) is 78.1 Å². The molecule has 0 aliphatic rings. The summed E-state index contributed by atoms with van der Waals surface area (Å²) in [7, 11) is 0. The number of hydrogen-bond donors (Lipinski definition) is 3. The first-order valence-corrected chi connectivity index (χ1v) is 11.0. The monoisotopic (exact) mass is 450 g/mol. The van der Waals surface area contributed by atoms with Crippen molar-refractivity contribution in [2.45, 2.75) is 37.3 Å². The molecule has 0 aliphatic carbocycles. The lowest BCUT2D eigenvalue weighted by Gasteiger charge is -2.12. The number of rotatable bonds is 10. The summed E-state index contributed by atoms with van der Waals surface area (Å²) in [6, 6.07) is 14.6. The number of phenolic OH excluding ortho intramolecular Hbond substituents is 1. The number of aromatic hydroxyl groups is 1. The van der Waals surface area contributed by atoms with Gasteiger partial charge in [0.25, 0.3) is 5.91 Å². The highest BCUT2D eigenvalue weighted by Gasteiger charge is 2.19. The Labute approximate surface area is 191 Å². The van der Waals surface area contributed by atoms with Gasteiger partial charge in [0.2, 0.25) is 0 Å². The van der Waals surface area contributed by atoms with E-state index in [0.717, 1.165) is 17.1 Å². The van der Waals surface area contributed by atoms with Gasteiger partial charge < -0.3 is 15.0 Å². The third-order valence-corrected chi connectivity index (χ3v) is 5.62. The Bertz CT molecular complexity index is 1080. The van der Waals surface area contributed by atoms with Gasteiger partial charge in [-0.2, -0.15) is 5.10 Å². The molecule has 32 heavy (non-hydrogen) atoms. The normalized spacial score (nSPS) is 11.9. The molecule has 0 saturated carbocycles. The number of carbonyl (C=O) groups excluding carboxylic acids is 1. The molecule has 3 aromatic rings. The molecule has 3 rings (SSSR count). The molecule has 0 fully saturated rings. The molecule has 9 heteroatoms. The highest BCUT2D eigenvalue weighted by atomic mass is 32.2. The Morgan fingerprint density at radius 1 is 1.22 bits per heavy atom. The van der Waals surface area contributed by atoms with Crippen molar-refractivity contribution in [3.63, 3.8) is 0 Å². The zero-order valence-electron chi connectivity index (χ0n) is 18.0. The second kappa shape index (κ2) is 11.1. The summed E-state index contributed by atoms with van der Waals surface area (Å²) in [5.74, 6) is 0.678. The van der Waals surface area contributed by atoms with Crippen molar-refractivity contribution in [1.82, 2.24) is 20.2 Å². The molecule has 1 heterocycles. The number of amides is 1. The number of aromatic nitrogens is 3. The van der Waals surface area contributed by atoms with Gasteiger partial charge in [-0.05, 0) is 55.8 Å². The second-order valence-electron chi connectivity index (χ2n) is 7.10. The molecule has 0 unspecified atom stereocenters. The van der Waals surface area contributed by atoms with Crippen molar-refractivity contribution in [2.24, 2.45) is 5.10 Å². The number of carbonyl (C=O) groups is 1. The maximum Gasteiger partial charge on any atom is 0.253 e. The van der Waals surface area contributed by atoms with E-state index in [0.29, 0.717) is 18.2 Å². The first-order chi connectivity index (χ1) is 15.5. The van der Waals surface area contributed by atoms with Gasteiger partial charge in [-0.1, -0.05) is 35.5 Å². The van der Waals surface area contributed by atoms with E-state index >= 15 is 0 Å². The van der Waals surface area contributed by atoms with E-state index in [1.807, 2.05) is 35.8 Å². The first-order valence-electron chi connectivity index (χ1n) is 10.1. The van der Waals surface area contributed by atoms with Crippen LogP contribution < -0.4 is 10.7 Å². The molecule has 1 aromatic heterocycles. The predicted octanol–water partition coefficient (Wildman–Crippen LogP) is 3.72. The highest BCUT2D eigenvalue weighted by molar-refractivity contribution is 8.00. The largest absolute Gasteiger partial charge is 0.508 e. The summed E-state index contributed by atoms with van der Waals surface area (Å²) < 4.78 is 1.93. The Hall–Kier alpha value is -3.59. The quantitative estimate of drug-likeness (QED) is 0.188. The standard InChI is InChI=1S/C23H26N6O2S/c1-4-13-29-21(15-24-19-9-5-16(2)6-10-19)26-28-23(29)32-17(3)22(31)27-25-14-18-7-11-20(30)12-8-18/h4-12,14,17,24,30H,1,13,15H2,2-3H3,(H,27,31)/t17-/m0/s1. The van der Waals surface area contributed by atoms with Gasteiger partial charge in [-0.15, -0.1) is 16.8 Å². The van der Waals surface area contributed by atoms with E-state index in [-0.39, 0.29) is 11.7 Å². The molecule has 3 N–H and O–H groups in total. The number of anilines is 1. The fraction of sp³-hybridized carbons (Fsp3) is 0.217. The van der Waals surface area contributed by atoms with Crippen molar-refractivity contribution in [3.8, 4) is 5.75 Å². The average molecular weight is 451 g/mol. The molecule has 1 amide bonds. The van der Waals surface area contributed by atoms with E-state index in [1.165, 1.54) is 23.5 Å². The Morgan fingerprint density at radius 2 is 1.94 bits per heavy atom. The maximum absolute atomic E-state index is 12.4. The molecular weight excluding hydrogens is 424 g/mol. The van der Waals surface area contributed by atoms with Crippen molar-refractivity contribution in [1.29, 1.82) is 0 Å². The van der Waals surface area contributed by atoms with Crippen LogP contribution in [0.3, 0.4) is 0 Å². The third kappa shape index (κ3) is 6.45. The van der Waals surface area contributed by atoms with E-state index in [2.05, 4.69) is 32.6 Å². The van der Waals surface area contributed by atoms with Crippen LogP contribution in [-0.4, -0.2) is 37.2 Å². The van der Waals surface area contributed by atoms with Crippen LogP contribution >= 0.6 is 11.8 Å². The number of allylic oxidation sites excluding steroid dienone is 1.